The molecule has 3 aliphatic carbocycles. The summed E-state index contributed by atoms with van der Waals surface area (Å²) in [7, 11) is 3.37. The minimum absolute atomic E-state index is 0.0967. The molecule has 5 atom stereocenters. The van der Waals surface area contributed by atoms with Crippen LogP contribution in [0.3, 0.4) is 0 Å². The number of methoxy groups -OCH3 is 2. The van der Waals surface area contributed by atoms with E-state index in [1.807, 2.05) is 0 Å². The van der Waals surface area contributed by atoms with Crippen LogP contribution in [-0.4, -0.2) is 30.7 Å². The van der Waals surface area contributed by atoms with Crippen LogP contribution in [0.25, 0.3) is 0 Å². The molecule has 1 N–H and O–H groups in total. The highest BCUT2D eigenvalue weighted by atomic mass is 16.7. The molecule has 112 valence electrons. The lowest BCUT2D eigenvalue weighted by molar-refractivity contribution is -0.238. The van der Waals surface area contributed by atoms with Crippen molar-refractivity contribution in [2.75, 3.05) is 14.2 Å². The molecule has 3 aliphatic rings. The highest BCUT2D eigenvalue weighted by molar-refractivity contribution is 5.37. The van der Waals surface area contributed by atoms with Gasteiger partial charge in [-0.1, -0.05) is 32.1 Å². The fourth-order valence-corrected chi connectivity index (χ4v) is 4.90. The molecule has 0 saturated heterocycles. The van der Waals surface area contributed by atoms with E-state index in [-0.39, 0.29) is 11.8 Å². The molecule has 0 amide bonds. The van der Waals surface area contributed by atoms with Crippen molar-refractivity contribution in [3.05, 3.63) is 23.8 Å². The summed E-state index contributed by atoms with van der Waals surface area (Å²) < 4.78 is 11.4. The van der Waals surface area contributed by atoms with Gasteiger partial charge < -0.3 is 14.6 Å². The van der Waals surface area contributed by atoms with Crippen LogP contribution in [0.5, 0.6) is 0 Å². The Bertz CT molecular complexity index is 449. The molecule has 1 fully saturated rings. The van der Waals surface area contributed by atoms with Crippen molar-refractivity contribution in [3.63, 3.8) is 0 Å². The molecule has 0 heterocycles. The lowest BCUT2D eigenvalue weighted by Gasteiger charge is -2.38. The second-order valence-electron chi connectivity index (χ2n) is 6.61. The molecule has 0 aromatic carbocycles. The van der Waals surface area contributed by atoms with E-state index in [2.05, 4.69) is 32.1 Å². The molecule has 3 nitrogen and oxygen atoms in total. The summed E-state index contributed by atoms with van der Waals surface area (Å²) in [5.74, 6) is 0.475. The number of ether oxygens (including phenoxy) is 2. The summed E-state index contributed by atoms with van der Waals surface area (Å²) in [6.07, 6.45) is 9.38. The first-order valence-electron chi connectivity index (χ1n) is 7.75. The van der Waals surface area contributed by atoms with Gasteiger partial charge in [0.1, 0.15) is 0 Å². The molecular weight excluding hydrogens is 252 g/mol. The van der Waals surface area contributed by atoms with Crippen molar-refractivity contribution in [1.29, 1.82) is 0 Å². The van der Waals surface area contributed by atoms with Gasteiger partial charge in [-0.25, -0.2) is 0 Å². The molecule has 3 unspecified atom stereocenters. The Hall–Kier alpha value is -0.640. The smallest absolute Gasteiger partial charge is 0.183 e. The number of hydrogen-bond acceptors (Lipinski definition) is 3. The van der Waals surface area contributed by atoms with Crippen LogP contribution in [0.1, 0.15) is 33.1 Å². The van der Waals surface area contributed by atoms with Crippen molar-refractivity contribution in [2.45, 2.75) is 44.5 Å². The Morgan fingerprint density at radius 2 is 2.00 bits per heavy atom. The summed E-state index contributed by atoms with van der Waals surface area (Å²) in [4.78, 5) is 0. The van der Waals surface area contributed by atoms with Crippen molar-refractivity contribution < 1.29 is 14.6 Å². The van der Waals surface area contributed by atoms with Crippen molar-refractivity contribution in [3.8, 4) is 0 Å². The summed E-state index contributed by atoms with van der Waals surface area (Å²) in [6.45, 7) is 4.50. The quantitative estimate of drug-likeness (QED) is 0.635. The largest absolute Gasteiger partial charge is 0.385 e. The Labute approximate surface area is 121 Å². The van der Waals surface area contributed by atoms with E-state index in [1.165, 1.54) is 5.57 Å². The van der Waals surface area contributed by atoms with E-state index >= 15 is 0 Å². The Balaban J connectivity index is 1.97. The number of allylic oxidation sites excluding steroid dienone is 1. The van der Waals surface area contributed by atoms with Crippen LogP contribution in [-0.2, 0) is 9.47 Å². The van der Waals surface area contributed by atoms with Crippen LogP contribution in [0, 0.1) is 23.7 Å². The molecule has 3 rings (SSSR count). The highest BCUT2D eigenvalue weighted by Crippen LogP contribution is 2.60. The van der Waals surface area contributed by atoms with Gasteiger partial charge in [0.25, 0.3) is 0 Å². The van der Waals surface area contributed by atoms with Gasteiger partial charge in [0, 0.05) is 20.1 Å². The van der Waals surface area contributed by atoms with E-state index in [0.717, 1.165) is 12.8 Å². The topological polar surface area (TPSA) is 38.7 Å². The van der Waals surface area contributed by atoms with E-state index in [0.29, 0.717) is 18.3 Å². The highest BCUT2D eigenvalue weighted by Gasteiger charge is 2.66. The Morgan fingerprint density at radius 3 is 2.55 bits per heavy atom. The Morgan fingerprint density at radius 1 is 1.30 bits per heavy atom. The second-order valence-corrected chi connectivity index (χ2v) is 6.61. The predicted octanol–water partition coefficient (Wildman–Crippen LogP) is 2.90. The number of fused-ring (bicyclic) bond motifs is 2. The van der Waals surface area contributed by atoms with Gasteiger partial charge in [-0.15, -0.1) is 0 Å². The first-order valence-corrected chi connectivity index (χ1v) is 7.75. The van der Waals surface area contributed by atoms with Crippen molar-refractivity contribution >= 4 is 0 Å². The van der Waals surface area contributed by atoms with Gasteiger partial charge in [0.05, 0.1) is 11.5 Å². The Kier molecular flexibility index (Phi) is 3.35. The maximum atomic E-state index is 11.4. The summed E-state index contributed by atoms with van der Waals surface area (Å²) in [5.41, 5.74) is 0.430. The third-order valence-corrected chi connectivity index (χ3v) is 5.91. The molecule has 0 aromatic heterocycles. The first kappa shape index (κ1) is 14.3. The monoisotopic (exact) mass is 278 g/mol. The third-order valence-electron chi connectivity index (χ3n) is 5.91. The number of hydrogen-bond donors (Lipinski definition) is 1. The van der Waals surface area contributed by atoms with Crippen LogP contribution < -0.4 is 0 Å². The zero-order valence-corrected chi connectivity index (χ0v) is 12.9. The fourth-order valence-electron chi connectivity index (χ4n) is 4.90. The van der Waals surface area contributed by atoms with Crippen LogP contribution in [0.15, 0.2) is 23.8 Å². The SMILES string of the molecule is CC[C@H]1C(C2(O)CC3C=CC2C3(OC)OC)=CC[C@H]1C. The molecule has 2 bridgehead atoms. The molecule has 0 radical (unpaired) electrons. The summed E-state index contributed by atoms with van der Waals surface area (Å²) >= 11 is 0. The lowest BCUT2D eigenvalue weighted by Crippen LogP contribution is -2.47. The van der Waals surface area contributed by atoms with Gasteiger partial charge in [-0.05, 0) is 36.7 Å². The average Bonchev–Trinajstić information content (AvgIpc) is 3.06. The van der Waals surface area contributed by atoms with E-state index in [9.17, 15) is 5.11 Å². The van der Waals surface area contributed by atoms with E-state index in [4.69, 9.17) is 9.47 Å². The van der Waals surface area contributed by atoms with Crippen LogP contribution in [0.4, 0.5) is 0 Å². The zero-order valence-electron chi connectivity index (χ0n) is 12.9. The summed E-state index contributed by atoms with van der Waals surface area (Å²) in [5, 5.41) is 11.4. The normalized spacial score (nSPS) is 45.1. The van der Waals surface area contributed by atoms with Crippen molar-refractivity contribution in [1.82, 2.24) is 0 Å². The zero-order chi connectivity index (χ0) is 14.5. The second kappa shape index (κ2) is 4.69. The van der Waals surface area contributed by atoms with Gasteiger partial charge in [-0.2, -0.15) is 0 Å². The third kappa shape index (κ3) is 1.57. The van der Waals surface area contributed by atoms with Gasteiger partial charge in [-0.3, -0.25) is 0 Å². The first-order chi connectivity index (χ1) is 9.53. The van der Waals surface area contributed by atoms with Crippen LogP contribution >= 0.6 is 0 Å². The van der Waals surface area contributed by atoms with Crippen LogP contribution in [0.2, 0.25) is 0 Å². The number of rotatable bonds is 4. The van der Waals surface area contributed by atoms with E-state index in [1.54, 1.807) is 14.2 Å². The van der Waals surface area contributed by atoms with Crippen molar-refractivity contribution in [2.24, 2.45) is 23.7 Å². The molecule has 1 saturated carbocycles. The van der Waals surface area contributed by atoms with Gasteiger partial charge in [0.2, 0.25) is 0 Å². The van der Waals surface area contributed by atoms with Gasteiger partial charge in [0.15, 0.2) is 5.79 Å². The standard InChI is InChI=1S/C17H26O3/c1-5-13-11(2)6-8-14(13)16(18)10-12-7-9-15(16)17(12,19-3)20-4/h7-9,11-13,15,18H,5-6,10H2,1-4H3/t11-,12?,13-,15?,16?/m1/s1. The molecule has 20 heavy (non-hydrogen) atoms. The molecule has 0 aliphatic heterocycles. The summed E-state index contributed by atoms with van der Waals surface area (Å²) in [6, 6.07) is 0. The fraction of sp³-hybridized carbons (Fsp3) is 0.765. The minimum atomic E-state index is -0.795. The molecule has 3 heteroatoms. The molecule has 0 aromatic rings. The molecule has 0 spiro atoms. The maximum Gasteiger partial charge on any atom is 0.183 e. The minimum Gasteiger partial charge on any atom is -0.385 e. The molecular formula is C17H26O3. The maximum absolute atomic E-state index is 11.4. The predicted molar refractivity (Wildman–Crippen MR) is 78.1 cm³/mol. The number of aliphatic hydroxyl groups is 1. The average molecular weight is 278 g/mol. The van der Waals surface area contributed by atoms with Gasteiger partial charge >= 0.3 is 0 Å². The lowest BCUT2D eigenvalue weighted by atomic mass is 9.74. The van der Waals surface area contributed by atoms with E-state index < -0.39 is 11.4 Å².